The highest BCUT2D eigenvalue weighted by Gasteiger charge is 2.35. The third-order valence-corrected chi connectivity index (χ3v) is 3.65. The first-order chi connectivity index (χ1) is 12.4. The zero-order valence-electron chi connectivity index (χ0n) is 13.3. The number of hydrogen-bond acceptors (Lipinski definition) is 2. The molecule has 26 heavy (non-hydrogen) atoms. The van der Waals surface area contributed by atoms with Crippen LogP contribution >= 0.6 is 0 Å². The van der Waals surface area contributed by atoms with Gasteiger partial charge >= 0.3 is 6.18 Å². The number of amides is 1. The molecule has 0 bridgehead atoms. The number of alkyl halides is 3. The molecule has 2 aromatic carbocycles. The summed E-state index contributed by atoms with van der Waals surface area (Å²) in [4.78, 5) is 24.5. The van der Waals surface area contributed by atoms with E-state index in [1.165, 1.54) is 12.1 Å². The molecule has 0 unspecified atom stereocenters. The lowest BCUT2D eigenvalue weighted by Gasteiger charge is -2.17. The van der Waals surface area contributed by atoms with E-state index < -0.39 is 23.2 Å². The number of anilines is 1. The number of carbonyl (C=O) groups excluding carboxylic acids is 1. The Morgan fingerprint density at radius 3 is 2.08 bits per heavy atom. The second-order valence-corrected chi connectivity index (χ2v) is 5.46. The summed E-state index contributed by atoms with van der Waals surface area (Å²) in [7, 11) is 0. The van der Waals surface area contributed by atoms with Crippen molar-refractivity contribution in [3.05, 3.63) is 94.4 Å². The second-order valence-electron chi connectivity index (χ2n) is 5.46. The van der Waals surface area contributed by atoms with E-state index in [4.69, 9.17) is 0 Å². The third kappa shape index (κ3) is 3.66. The zero-order chi connectivity index (χ0) is 18.7. The van der Waals surface area contributed by atoms with Crippen LogP contribution in [0.3, 0.4) is 0 Å². The van der Waals surface area contributed by atoms with Gasteiger partial charge in [0.2, 0.25) is 0 Å². The van der Waals surface area contributed by atoms with Gasteiger partial charge in [0.1, 0.15) is 11.3 Å². The van der Waals surface area contributed by atoms with E-state index in [9.17, 15) is 22.8 Å². The Morgan fingerprint density at radius 1 is 0.923 bits per heavy atom. The average Bonchev–Trinajstić information content (AvgIpc) is 2.62. The molecule has 1 aromatic heterocycles. The molecule has 0 spiro atoms. The van der Waals surface area contributed by atoms with Crippen molar-refractivity contribution in [3.8, 4) is 5.69 Å². The quantitative estimate of drug-likeness (QED) is 0.766. The number of pyridine rings is 1. The first-order valence-corrected chi connectivity index (χ1v) is 7.62. The fourth-order valence-electron chi connectivity index (χ4n) is 2.44. The van der Waals surface area contributed by atoms with Crippen molar-refractivity contribution < 1.29 is 18.0 Å². The number of nitrogens with one attached hydrogen (secondary N) is 1. The van der Waals surface area contributed by atoms with Crippen LogP contribution in [0.2, 0.25) is 0 Å². The molecule has 0 saturated carbocycles. The summed E-state index contributed by atoms with van der Waals surface area (Å²) >= 11 is 0. The molecule has 0 atom stereocenters. The van der Waals surface area contributed by atoms with Crippen LogP contribution in [0.15, 0.2) is 77.7 Å². The molecule has 0 saturated heterocycles. The molecular weight excluding hydrogens is 345 g/mol. The van der Waals surface area contributed by atoms with Crippen LogP contribution in [0, 0.1) is 0 Å². The van der Waals surface area contributed by atoms with E-state index in [-0.39, 0.29) is 11.3 Å². The van der Waals surface area contributed by atoms with Gasteiger partial charge in [-0.15, -0.1) is 0 Å². The standard InChI is InChI=1S/C19H13F3N2O2/c20-19(21,22)17-11-16(25)15(12-24(17)14-9-5-2-6-10-14)18(26)23-13-7-3-1-4-8-13/h1-12H,(H,23,26). The summed E-state index contributed by atoms with van der Waals surface area (Å²) in [6.07, 6.45) is -3.83. The third-order valence-electron chi connectivity index (χ3n) is 3.65. The Kier molecular flexibility index (Phi) is 4.62. The summed E-state index contributed by atoms with van der Waals surface area (Å²) in [5.41, 5.74) is -1.91. The Morgan fingerprint density at radius 2 is 1.50 bits per heavy atom. The molecular formula is C19H13F3N2O2. The molecule has 1 amide bonds. The molecule has 0 fully saturated rings. The number of aromatic nitrogens is 1. The first kappa shape index (κ1) is 17.5. The van der Waals surface area contributed by atoms with Gasteiger partial charge in [0.25, 0.3) is 5.91 Å². The van der Waals surface area contributed by atoms with Crippen LogP contribution in [-0.2, 0) is 6.18 Å². The van der Waals surface area contributed by atoms with Crippen molar-refractivity contribution in [2.45, 2.75) is 6.18 Å². The predicted octanol–water partition coefficient (Wildman–Crippen LogP) is 4.11. The lowest BCUT2D eigenvalue weighted by Crippen LogP contribution is -2.26. The number of carbonyl (C=O) groups is 1. The zero-order valence-corrected chi connectivity index (χ0v) is 13.3. The minimum absolute atomic E-state index is 0.189. The van der Waals surface area contributed by atoms with Crippen LogP contribution in [0.1, 0.15) is 16.1 Å². The monoisotopic (exact) mass is 358 g/mol. The highest BCUT2D eigenvalue weighted by atomic mass is 19.4. The highest BCUT2D eigenvalue weighted by molar-refractivity contribution is 6.04. The number of benzene rings is 2. The predicted molar refractivity (Wildman–Crippen MR) is 91.4 cm³/mol. The van der Waals surface area contributed by atoms with E-state index in [1.807, 2.05) is 0 Å². The van der Waals surface area contributed by atoms with Crippen molar-refractivity contribution >= 4 is 11.6 Å². The van der Waals surface area contributed by atoms with Gasteiger partial charge in [-0.25, -0.2) is 0 Å². The lowest BCUT2D eigenvalue weighted by atomic mass is 10.2. The summed E-state index contributed by atoms with van der Waals surface area (Å²) in [6, 6.07) is 16.5. The largest absolute Gasteiger partial charge is 0.431 e. The van der Waals surface area contributed by atoms with Gasteiger partial charge in [0.05, 0.1) is 0 Å². The smallest absolute Gasteiger partial charge is 0.322 e. The van der Waals surface area contributed by atoms with Crippen molar-refractivity contribution in [3.63, 3.8) is 0 Å². The van der Waals surface area contributed by atoms with Crippen LogP contribution in [-0.4, -0.2) is 10.5 Å². The van der Waals surface area contributed by atoms with E-state index in [0.717, 1.165) is 10.8 Å². The second kappa shape index (κ2) is 6.87. The molecule has 0 aliphatic carbocycles. The number of rotatable bonds is 3. The van der Waals surface area contributed by atoms with E-state index in [0.29, 0.717) is 11.8 Å². The molecule has 3 aromatic rings. The van der Waals surface area contributed by atoms with Crippen molar-refractivity contribution in [1.29, 1.82) is 0 Å². The normalized spacial score (nSPS) is 11.2. The lowest BCUT2D eigenvalue weighted by molar-refractivity contribution is -0.142. The van der Waals surface area contributed by atoms with Crippen molar-refractivity contribution in [2.75, 3.05) is 5.32 Å². The molecule has 3 rings (SSSR count). The van der Waals surface area contributed by atoms with Gasteiger partial charge in [-0.2, -0.15) is 13.2 Å². The maximum absolute atomic E-state index is 13.3. The van der Waals surface area contributed by atoms with Crippen LogP contribution in [0.5, 0.6) is 0 Å². The molecule has 1 N–H and O–H groups in total. The van der Waals surface area contributed by atoms with Gasteiger partial charge in [0.15, 0.2) is 5.43 Å². The Labute approximate surface area is 146 Å². The molecule has 0 radical (unpaired) electrons. The van der Waals surface area contributed by atoms with Crippen LogP contribution in [0.25, 0.3) is 5.69 Å². The molecule has 7 heteroatoms. The van der Waals surface area contributed by atoms with Gasteiger partial charge in [-0.3, -0.25) is 9.59 Å². The summed E-state index contributed by atoms with van der Waals surface area (Å²) in [5, 5.41) is 2.50. The minimum atomic E-state index is -4.75. The van der Waals surface area contributed by atoms with Gasteiger partial charge in [-0.05, 0) is 24.3 Å². The Balaban J connectivity index is 2.10. The fraction of sp³-hybridized carbons (Fsp3) is 0.0526. The summed E-state index contributed by atoms with van der Waals surface area (Å²) in [5.74, 6) is -0.778. The first-order valence-electron chi connectivity index (χ1n) is 7.62. The molecule has 0 aliphatic heterocycles. The summed E-state index contributed by atoms with van der Waals surface area (Å²) in [6.45, 7) is 0. The van der Waals surface area contributed by atoms with Gasteiger partial charge in [-0.1, -0.05) is 36.4 Å². The van der Waals surface area contributed by atoms with Gasteiger partial charge < -0.3 is 9.88 Å². The Hall–Kier alpha value is -3.35. The topological polar surface area (TPSA) is 51.1 Å². The minimum Gasteiger partial charge on any atom is -0.322 e. The van der Waals surface area contributed by atoms with E-state index in [2.05, 4.69) is 5.32 Å². The van der Waals surface area contributed by atoms with Crippen LogP contribution < -0.4 is 10.7 Å². The number of halogens is 3. The number of nitrogens with zero attached hydrogens (tertiary/aromatic N) is 1. The SMILES string of the molecule is O=C(Nc1ccccc1)c1cn(-c2ccccc2)c(C(F)(F)F)cc1=O. The molecule has 4 nitrogen and oxygen atoms in total. The maximum Gasteiger partial charge on any atom is 0.431 e. The van der Waals surface area contributed by atoms with Crippen LogP contribution in [0.4, 0.5) is 18.9 Å². The Bertz CT molecular complexity index is 981. The summed E-state index contributed by atoms with van der Waals surface area (Å²) < 4.78 is 40.8. The molecule has 132 valence electrons. The van der Waals surface area contributed by atoms with Crippen molar-refractivity contribution in [2.24, 2.45) is 0 Å². The average molecular weight is 358 g/mol. The number of para-hydroxylation sites is 2. The fourth-order valence-corrected chi connectivity index (χ4v) is 2.44. The van der Waals surface area contributed by atoms with E-state index >= 15 is 0 Å². The molecule has 1 heterocycles. The van der Waals surface area contributed by atoms with Crippen molar-refractivity contribution in [1.82, 2.24) is 4.57 Å². The molecule has 0 aliphatic rings. The van der Waals surface area contributed by atoms with Gasteiger partial charge in [0, 0.05) is 23.6 Å². The van der Waals surface area contributed by atoms with E-state index in [1.54, 1.807) is 48.5 Å². The highest BCUT2D eigenvalue weighted by Crippen LogP contribution is 2.30. The number of hydrogen-bond donors (Lipinski definition) is 1. The maximum atomic E-state index is 13.3.